The molecule has 0 aliphatic heterocycles. The van der Waals surface area contributed by atoms with Crippen molar-refractivity contribution in [3.05, 3.63) is 29.3 Å². The largest absolute Gasteiger partial charge is 0.496 e. The standard InChI is InChI=1S/C12H16N2O4/c1-14-11(15)8-4-3-7(6-10(8)18-2)5-9(13)12(16)17/h3-4,6,9H,5,13H2,1-2H3,(H,14,15)(H,16,17)/t9-/m0/s1. The highest BCUT2D eigenvalue weighted by molar-refractivity contribution is 5.96. The fourth-order valence-electron chi connectivity index (χ4n) is 1.53. The molecule has 0 heterocycles. The van der Waals surface area contributed by atoms with E-state index in [1.165, 1.54) is 14.2 Å². The maximum Gasteiger partial charge on any atom is 0.320 e. The number of rotatable bonds is 5. The molecule has 0 aliphatic rings. The van der Waals surface area contributed by atoms with Crippen LogP contribution in [0.2, 0.25) is 0 Å². The van der Waals surface area contributed by atoms with Crippen LogP contribution in [0.15, 0.2) is 18.2 Å². The van der Waals surface area contributed by atoms with Crippen LogP contribution in [0.25, 0.3) is 0 Å². The minimum Gasteiger partial charge on any atom is -0.496 e. The van der Waals surface area contributed by atoms with Crippen LogP contribution < -0.4 is 15.8 Å². The van der Waals surface area contributed by atoms with E-state index in [1.807, 2.05) is 0 Å². The van der Waals surface area contributed by atoms with Crippen molar-refractivity contribution in [2.45, 2.75) is 12.5 Å². The van der Waals surface area contributed by atoms with E-state index in [0.717, 1.165) is 0 Å². The van der Waals surface area contributed by atoms with Gasteiger partial charge < -0.3 is 20.9 Å². The van der Waals surface area contributed by atoms with Crippen LogP contribution in [0, 0.1) is 0 Å². The molecule has 1 aromatic rings. The summed E-state index contributed by atoms with van der Waals surface area (Å²) >= 11 is 0. The molecule has 1 rings (SSSR count). The van der Waals surface area contributed by atoms with Gasteiger partial charge in [0.15, 0.2) is 0 Å². The summed E-state index contributed by atoms with van der Waals surface area (Å²) in [5.41, 5.74) is 6.54. The second-order valence-electron chi connectivity index (χ2n) is 3.76. The number of carboxylic acids is 1. The lowest BCUT2D eigenvalue weighted by molar-refractivity contribution is -0.138. The van der Waals surface area contributed by atoms with Crippen LogP contribution in [0.3, 0.4) is 0 Å². The van der Waals surface area contributed by atoms with Crippen molar-refractivity contribution in [1.29, 1.82) is 0 Å². The Bertz CT molecular complexity index is 459. The van der Waals surface area contributed by atoms with Crippen LogP contribution in [0.1, 0.15) is 15.9 Å². The molecule has 0 bridgehead atoms. The van der Waals surface area contributed by atoms with Crippen molar-refractivity contribution in [3.63, 3.8) is 0 Å². The number of hydrogen-bond acceptors (Lipinski definition) is 4. The summed E-state index contributed by atoms with van der Waals surface area (Å²) in [6.07, 6.45) is 0.180. The Hall–Kier alpha value is -2.08. The molecule has 1 aromatic carbocycles. The highest BCUT2D eigenvalue weighted by atomic mass is 16.5. The van der Waals surface area contributed by atoms with Gasteiger partial charge in [0.1, 0.15) is 11.8 Å². The lowest BCUT2D eigenvalue weighted by Crippen LogP contribution is -2.32. The number of amides is 1. The van der Waals surface area contributed by atoms with Gasteiger partial charge in [0.25, 0.3) is 5.91 Å². The predicted octanol–water partition coefficient (Wildman–Crippen LogP) is 0.00920. The summed E-state index contributed by atoms with van der Waals surface area (Å²) in [7, 11) is 2.97. The van der Waals surface area contributed by atoms with Gasteiger partial charge in [-0.1, -0.05) is 6.07 Å². The summed E-state index contributed by atoms with van der Waals surface area (Å²) in [6.45, 7) is 0. The molecule has 0 spiro atoms. The van der Waals surface area contributed by atoms with Crippen molar-refractivity contribution >= 4 is 11.9 Å². The minimum absolute atomic E-state index is 0.180. The number of nitrogens with two attached hydrogens (primary N) is 1. The quantitative estimate of drug-likeness (QED) is 0.685. The van der Waals surface area contributed by atoms with Gasteiger partial charge in [-0.25, -0.2) is 0 Å². The Morgan fingerprint density at radius 3 is 2.67 bits per heavy atom. The third-order valence-electron chi connectivity index (χ3n) is 2.51. The zero-order valence-electron chi connectivity index (χ0n) is 10.3. The molecule has 0 saturated heterocycles. The highest BCUT2D eigenvalue weighted by Gasteiger charge is 2.15. The third kappa shape index (κ3) is 3.21. The molecule has 0 aromatic heterocycles. The zero-order valence-corrected chi connectivity index (χ0v) is 10.3. The molecule has 0 fully saturated rings. The molecule has 6 nitrogen and oxygen atoms in total. The molecule has 1 atom stereocenters. The molecular formula is C12H16N2O4. The summed E-state index contributed by atoms with van der Waals surface area (Å²) < 4.78 is 5.10. The summed E-state index contributed by atoms with van der Waals surface area (Å²) in [5.74, 6) is -0.935. The molecule has 0 unspecified atom stereocenters. The number of carbonyl (C=O) groups excluding carboxylic acids is 1. The normalized spacial score (nSPS) is 11.7. The number of nitrogens with one attached hydrogen (secondary N) is 1. The lowest BCUT2D eigenvalue weighted by atomic mass is 10.0. The second kappa shape index (κ2) is 6.02. The van der Waals surface area contributed by atoms with Crippen LogP contribution in [-0.4, -0.2) is 37.2 Å². The second-order valence-corrected chi connectivity index (χ2v) is 3.76. The smallest absolute Gasteiger partial charge is 0.320 e. The number of benzene rings is 1. The van der Waals surface area contributed by atoms with Crippen molar-refractivity contribution in [3.8, 4) is 5.75 Å². The van der Waals surface area contributed by atoms with Crippen LogP contribution in [-0.2, 0) is 11.2 Å². The van der Waals surface area contributed by atoms with Gasteiger partial charge in [0.05, 0.1) is 12.7 Å². The van der Waals surface area contributed by atoms with E-state index in [9.17, 15) is 9.59 Å². The van der Waals surface area contributed by atoms with E-state index in [4.69, 9.17) is 15.6 Å². The maximum absolute atomic E-state index is 11.5. The Balaban J connectivity index is 2.98. The number of carboxylic acid groups (broad SMARTS) is 1. The topological polar surface area (TPSA) is 102 Å². The maximum atomic E-state index is 11.5. The Morgan fingerprint density at radius 1 is 1.50 bits per heavy atom. The summed E-state index contributed by atoms with van der Waals surface area (Å²) in [5, 5.41) is 11.2. The van der Waals surface area contributed by atoms with Gasteiger partial charge >= 0.3 is 5.97 Å². The minimum atomic E-state index is -1.07. The molecule has 0 aliphatic carbocycles. The van der Waals surface area contributed by atoms with Gasteiger partial charge in [-0.15, -0.1) is 0 Å². The first kappa shape index (κ1) is 14.0. The zero-order chi connectivity index (χ0) is 13.7. The number of ether oxygens (including phenoxy) is 1. The van der Waals surface area contributed by atoms with Crippen molar-refractivity contribution in [1.82, 2.24) is 5.32 Å². The fraction of sp³-hybridized carbons (Fsp3) is 0.333. The SMILES string of the molecule is CNC(=O)c1ccc(C[C@H](N)C(=O)O)cc1OC. The molecule has 0 saturated carbocycles. The van der Waals surface area contributed by atoms with Gasteiger partial charge in [-0.2, -0.15) is 0 Å². The molecular weight excluding hydrogens is 236 g/mol. The fourth-order valence-corrected chi connectivity index (χ4v) is 1.53. The van der Waals surface area contributed by atoms with Crippen molar-refractivity contribution in [2.24, 2.45) is 5.73 Å². The van der Waals surface area contributed by atoms with Crippen LogP contribution >= 0.6 is 0 Å². The third-order valence-corrected chi connectivity index (χ3v) is 2.51. The number of methoxy groups -OCH3 is 1. The first-order valence-corrected chi connectivity index (χ1v) is 5.37. The average molecular weight is 252 g/mol. The van der Waals surface area contributed by atoms with E-state index in [2.05, 4.69) is 5.32 Å². The van der Waals surface area contributed by atoms with E-state index in [0.29, 0.717) is 16.9 Å². The molecule has 98 valence electrons. The number of hydrogen-bond donors (Lipinski definition) is 3. The summed E-state index contributed by atoms with van der Waals surface area (Å²) in [4.78, 5) is 22.2. The van der Waals surface area contributed by atoms with Gasteiger partial charge in [-0.3, -0.25) is 9.59 Å². The molecule has 6 heteroatoms. The molecule has 18 heavy (non-hydrogen) atoms. The van der Waals surface area contributed by atoms with E-state index < -0.39 is 12.0 Å². The molecule has 4 N–H and O–H groups in total. The number of carbonyl (C=O) groups is 2. The Labute approximate surface area is 105 Å². The van der Waals surface area contributed by atoms with Crippen LogP contribution in [0.5, 0.6) is 5.75 Å². The highest BCUT2D eigenvalue weighted by Crippen LogP contribution is 2.20. The first-order valence-electron chi connectivity index (χ1n) is 5.37. The van der Waals surface area contributed by atoms with E-state index >= 15 is 0 Å². The van der Waals surface area contributed by atoms with Crippen molar-refractivity contribution < 1.29 is 19.4 Å². The van der Waals surface area contributed by atoms with Gasteiger partial charge in [0, 0.05) is 7.05 Å². The number of aliphatic carboxylic acids is 1. The van der Waals surface area contributed by atoms with E-state index in [1.54, 1.807) is 18.2 Å². The monoisotopic (exact) mass is 252 g/mol. The first-order chi connectivity index (χ1) is 8.49. The molecule has 0 radical (unpaired) electrons. The lowest BCUT2D eigenvalue weighted by Gasteiger charge is -2.11. The van der Waals surface area contributed by atoms with Gasteiger partial charge in [-0.05, 0) is 24.1 Å². The average Bonchev–Trinajstić information content (AvgIpc) is 2.37. The van der Waals surface area contributed by atoms with Crippen molar-refractivity contribution in [2.75, 3.05) is 14.2 Å². The predicted molar refractivity (Wildman–Crippen MR) is 65.7 cm³/mol. The van der Waals surface area contributed by atoms with E-state index in [-0.39, 0.29) is 12.3 Å². The summed E-state index contributed by atoms with van der Waals surface area (Å²) in [6, 6.07) is 3.89. The van der Waals surface area contributed by atoms with Gasteiger partial charge in [0.2, 0.25) is 0 Å². The Morgan fingerprint density at radius 2 is 2.17 bits per heavy atom. The molecule has 1 amide bonds. The Kier molecular flexibility index (Phi) is 4.67. The van der Waals surface area contributed by atoms with Crippen LogP contribution in [0.4, 0.5) is 0 Å².